The molecule has 1 heterocycles. The van der Waals surface area contributed by atoms with Gasteiger partial charge in [-0.1, -0.05) is 18.2 Å². The number of aromatic amines is 1. The molecule has 1 aromatic heterocycles. The summed E-state index contributed by atoms with van der Waals surface area (Å²) in [6.45, 7) is 4.64. The summed E-state index contributed by atoms with van der Waals surface area (Å²) < 4.78 is 0. The fourth-order valence-corrected chi connectivity index (χ4v) is 2.35. The quantitative estimate of drug-likeness (QED) is 0.929. The Balaban J connectivity index is 2.20. The monoisotopic (exact) mass is 273 g/mol. The number of aromatic nitrogens is 1. The van der Waals surface area contributed by atoms with Crippen LogP contribution in [-0.4, -0.2) is 47.9 Å². The molecule has 20 heavy (non-hydrogen) atoms. The second kappa shape index (κ2) is 5.67. The topological polar surface area (TPSA) is 39.3 Å². The van der Waals surface area contributed by atoms with E-state index in [4.69, 9.17) is 0 Å². The molecular formula is C16H23N3O. The van der Waals surface area contributed by atoms with E-state index in [1.165, 1.54) is 10.9 Å². The van der Waals surface area contributed by atoms with Gasteiger partial charge in [-0.3, -0.25) is 9.69 Å². The van der Waals surface area contributed by atoms with Crippen LogP contribution in [0.25, 0.3) is 10.9 Å². The van der Waals surface area contributed by atoms with Gasteiger partial charge >= 0.3 is 0 Å². The first-order chi connectivity index (χ1) is 9.41. The first-order valence-corrected chi connectivity index (χ1v) is 6.89. The van der Waals surface area contributed by atoms with E-state index >= 15 is 0 Å². The summed E-state index contributed by atoms with van der Waals surface area (Å²) in [6, 6.07) is 8.12. The van der Waals surface area contributed by atoms with Gasteiger partial charge in [0.1, 0.15) is 0 Å². The number of carbonyl (C=O) groups excluding carboxylic acids is 1. The van der Waals surface area contributed by atoms with Crippen LogP contribution < -0.4 is 0 Å². The minimum atomic E-state index is -0.107. The third-order valence-electron chi connectivity index (χ3n) is 3.97. The molecule has 0 fully saturated rings. The third kappa shape index (κ3) is 2.70. The summed E-state index contributed by atoms with van der Waals surface area (Å²) in [5.41, 5.74) is 3.45. The first kappa shape index (κ1) is 14.6. The van der Waals surface area contributed by atoms with Crippen LogP contribution in [0.4, 0.5) is 0 Å². The van der Waals surface area contributed by atoms with Crippen molar-refractivity contribution in [1.82, 2.24) is 14.8 Å². The van der Waals surface area contributed by atoms with Crippen molar-refractivity contribution in [3.05, 3.63) is 35.5 Å². The number of H-pyrrole nitrogens is 1. The maximum Gasteiger partial charge on any atom is 0.239 e. The molecule has 0 spiro atoms. The molecule has 0 saturated heterocycles. The van der Waals surface area contributed by atoms with Gasteiger partial charge in [-0.15, -0.1) is 0 Å². The van der Waals surface area contributed by atoms with Crippen LogP contribution in [0.5, 0.6) is 0 Å². The van der Waals surface area contributed by atoms with Crippen LogP contribution in [0.1, 0.15) is 18.2 Å². The van der Waals surface area contributed by atoms with Gasteiger partial charge in [0.15, 0.2) is 0 Å². The third-order valence-corrected chi connectivity index (χ3v) is 3.97. The summed E-state index contributed by atoms with van der Waals surface area (Å²) in [6.07, 6.45) is 0. The predicted molar refractivity (Wildman–Crippen MR) is 82.7 cm³/mol. The van der Waals surface area contributed by atoms with Gasteiger partial charge in [-0.25, -0.2) is 0 Å². The van der Waals surface area contributed by atoms with Crippen LogP contribution in [0.3, 0.4) is 0 Å². The lowest BCUT2D eigenvalue weighted by atomic mass is 10.1. The number of fused-ring (bicyclic) bond motifs is 1. The van der Waals surface area contributed by atoms with Gasteiger partial charge in [-0.2, -0.15) is 0 Å². The van der Waals surface area contributed by atoms with Crippen LogP contribution in [0.2, 0.25) is 0 Å². The van der Waals surface area contributed by atoms with Crippen molar-refractivity contribution in [1.29, 1.82) is 0 Å². The lowest BCUT2D eigenvalue weighted by molar-refractivity contribution is -0.134. The molecule has 4 heteroatoms. The molecule has 1 N–H and O–H groups in total. The van der Waals surface area contributed by atoms with E-state index in [2.05, 4.69) is 24.0 Å². The zero-order valence-electron chi connectivity index (χ0n) is 12.9. The molecule has 0 aliphatic rings. The summed E-state index contributed by atoms with van der Waals surface area (Å²) in [4.78, 5) is 19.4. The molecule has 2 rings (SSSR count). The SMILES string of the molecule is Cc1c(CN(C)C(=O)[C@H](C)N(C)C)[nH]c2ccccc12. The Labute approximate surface area is 120 Å². The van der Waals surface area contributed by atoms with Crippen molar-refractivity contribution in [2.45, 2.75) is 26.4 Å². The van der Waals surface area contributed by atoms with E-state index in [0.29, 0.717) is 6.54 Å². The van der Waals surface area contributed by atoms with Gasteiger partial charge in [0.2, 0.25) is 5.91 Å². The molecule has 4 nitrogen and oxygen atoms in total. The summed E-state index contributed by atoms with van der Waals surface area (Å²) in [5, 5.41) is 1.23. The van der Waals surface area contributed by atoms with Crippen LogP contribution in [0.15, 0.2) is 24.3 Å². The van der Waals surface area contributed by atoms with E-state index < -0.39 is 0 Å². The molecule has 0 aliphatic carbocycles. The zero-order valence-corrected chi connectivity index (χ0v) is 12.9. The Hall–Kier alpha value is -1.81. The van der Waals surface area contributed by atoms with E-state index in [9.17, 15) is 4.79 Å². The van der Waals surface area contributed by atoms with Crippen molar-refractivity contribution in [2.24, 2.45) is 0 Å². The van der Waals surface area contributed by atoms with Crippen molar-refractivity contribution in [3.8, 4) is 0 Å². The molecule has 1 amide bonds. The number of rotatable bonds is 4. The van der Waals surface area contributed by atoms with E-state index in [1.807, 2.05) is 45.1 Å². The maximum atomic E-state index is 12.3. The number of nitrogens with zero attached hydrogens (tertiary/aromatic N) is 2. The molecular weight excluding hydrogens is 250 g/mol. The van der Waals surface area contributed by atoms with Crippen molar-refractivity contribution in [3.63, 3.8) is 0 Å². The normalized spacial score (nSPS) is 12.9. The predicted octanol–water partition coefficient (Wildman–Crippen LogP) is 2.38. The number of nitrogens with one attached hydrogen (secondary N) is 1. The fourth-order valence-electron chi connectivity index (χ4n) is 2.35. The number of para-hydroxylation sites is 1. The molecule has 1 atom stereocenters. The lowest BCUT2D eigenvalue weighted by Gasteiger charge is -2.25. The van der Waals surface area contributed by atoms with Crippen LogP contribution in [0, 0.1) is 6.92 Å². The second-order valence-corrected chi connectivity index (χ2v) is 5.61. The second-order valence-electron chi connectivity index (χ2n) is 5.61. The van der Waals surface area contributed by atoms with Gasteiger partial charge in [0.05, 0.1) is 12.6 Å². The average molecular weight is 273 g/mol. The van der Waals surface area contributed by atoms with Gasteiger partial charge in [0, 0.05) is 23.6 Å². The fraction of sp³-hybridized carbons (Fsp3) is 0.438. The number of carbonyl (C=O) groups is 1. The Morgan fingerprint density at radius 2 is 1.90 bits per heavy atom. The lowest BCUT2D eigenvalue weighted by Crippen LogP contribution is -2.42. The van der Waals surface area contributed by atoms with E-state index in [-0.39, 0.29) is 11.9 Å². The Kier molecular flexibility index (Phi) is 4.14. The summed E-state index contributed by atoms with van der Waals surface area (Å²) >= 11 is 0. The van der Waals surface area contributed by atoms with Gasteiger partial charge in [0.25, 0.3) is 0 Å². The molecule has 0 bridgehead atoms. The molecule has 0 saturated carbocycles. The number of benzene rings is 1. The smallest absolute Gasteiger partial charge is 0.239 e. The van der Waals surface area contributed by atoms with Crippen molar-refractivity contribution >= 4 is 16.8 Å². The summed E-state index contributed by atoms with van der Waals surface area (Å²) in [7, 11) is 5.70. The minimum absolute atomic E-state index is 0.107. The summed E-state index contributed by atoms with van der Waals surface area (Å²) in [5.74, 6) is 0.132. The number of amides is 1. The molecule has 108 valence electrons. The Morgan fingerprint density at radius 3 is 2.50 bits per heavy atom. The maximum absolute atomic E-state index is 12.3. The number of likely N-dealkylation sites (N-methyl/N-ethyl adjacent to an activating group) is 2. The highest BCUT2D eigenvalue weighted by molar-refractivity contribution is 5.85. The first-order valence-electron chi connectivity index (χ1n) is 6.89. The van der Waals surface area contributed by atoms with Gasteiger partial charge in [-0.05, 0) is 39.6 Å². The molecule has 0 aliphatic heterocycles. The van der Waals surface area contributed by atoms with Crippen molar-refractivity contribution in [2.75, 3.05) is 21.1 Å². The Morgan fingerprint density at radius 1 is 1.25 bits per heavy atom. The zero-order chi connectivity index (χ0) is 14.9. The van der Waals surface area contributed by atoms with Crippen LogP contribution >= 0.6 is 0 Å². The highest BCUT2D eigenvalue weighted by atomic mass is 16.2. The molecule has 0 unspecified atom stereocenters. The number of hydrogen-bond acceptors (Lipinski definition) is 2. The van der Waals surface area contributed by atoms with Gasteiger partial charge < -0.3 is 9.88 Å². The molecule has 0 radical (unpaired) electrons. The minimum Gasteiger partial charge on any atom is -0.357 e. The average Bonchev–Trinajstić information content (AvgIpc) is 2.74. The highest BCUT2D eigenvalue weighted by Gasteiger charge is 2.20. The standard InChI is InChI=1S/C16H23N3O/c1-11-13-8-6-7-9-14(13)17-15(11)10-19(5)16(20)12(2)18(3)4/h6-9,12,17H,10H2,1-5H3/t12-/m0/s1. The Bertz CT molecular complexity index is 615. The number of hydrogen-bond donors (Lipinski definition) is 1. The van der Waals surface area contributed by atoms with E-state index in [0.717, 1.165) is 11.2 Å². The van der Waals surface area contributed by atoms with E-state index in [1.54, 1.807) is 4.90 Å². The molecule has 1 aromatic carbocycles. The van der Waals surface area contributed by atoms with Crippen LogP contribution in [-0.2, 0) is 11.3 Å². The highest BCUT2D eigenvalue weighted by Crippen LogP contribution is 2.22. The molecule has 2 aromatic rings. The number of aryl methyl sites for hydroxylation is 1. The van der Waals surface area contributed by atoms with Crippen molar-refractivity contribution < 1.29 is 4.79 Å². The largest absolute Gasteiger partial charge is 0.357 e.